The Balaban J connectivity index is 2.08. The van der Waals surface area contributed by atoms with E-state index in [9.17, 15) is 14.7 Å². The molecule has 0 fully saturated rings. The Morgan fingerprint density at radius 1 is 0.913 bits per heavy atom. The molecule has 0 heterocycles. The van der Waals surface area contributed by atoms with E-state index in [0.717, 1.165) is 0 Å². The lowest BCUT2D eigenvalue weighted by Gasteiger charge is -2.12. The Morgan fingerprint density at radius 2 is 1.57 bits per heavy atom. The Kier molecular flexibility index (Phi) is 5.03. The molecular formula is C16H15N2O5-. The number of methoxy groups -OCH3 is 2. The second-order valence-electron chi connectivity index (χ2n) is 4.52. The first-order valence-electron chi connectivity index (χ1n) is 6.65. The number of rotatable bonds is 5. The molecule has 0 aromatic heterocycles. The summed E-state index contributed by atoms with van der Waals surface area (Å²) >= 11 is 0. The lowest BCUT2D eigenvalue weighted by Crippen LogP contribution is -2.23. The van der Waals surface area contributed by atoms with Crippen LogP contribution in [0, 0.1) is 0 Å². The lowest BCUT2D eigenvalue weighted by molar-refractivity contribution is -0.255. The fourth-order valence-corrected chi connectivity index (χ4v) is 1.93. The standard InChI is InChI=1S/C16H16N2O5/c1-22-13-7-6-12(9-14(13)23-2)18-16(21)17-11-5-3-4-10(8-11)15(19)20/h3-9H,1-2H3,(H,19,20)(H2,17,18,21)/p-1. The maximum absolute atomic E-state index is 12.0. The number of amides is 2. The Bertz CT molecular complexity index is 730. The summed E-state index contributed by atoms with van der Waals surface area (Å²) in [5.74, 6) is -0.293. The summed E-state index contributed by atoms with van der Waals surface area (Å²) in [4.78, 5) is 22.8. The van der Waals surface area contributed by atoms with Crippen molar-refractivity contribution in [3.05, 3.63) is 48.0 Å². The molecule has 0 aliphatic heterocycles. The van der Waals surface area contributed by atoms with Gasteiger partial charge in [0.05, 0.1) is 20.2 Å². The van der Waals surface area contributed by atoms with E-state index >= 15 is 0 Å². The maximum Gasteiger partial charge on any atom is 0.323 e. The Morgan fingerprint density at radius 3 is 2.17 bits per heavy atom. The Labute approximate surface area is 132 Å². The summed E-state index contributed by atoms with van der Waals surface area (Å²) in [6.07, 6.45) is 0. The monoisotopic (exact) mass is 315 g/mol. The number of carboxylic acids is 1. The molecule has 0 radical (unpaired) electrons. The molecule has 0 saturated heterocycles. The molecule has 0 aliphatic rings. The predicted molar refractivity (Wildman–Crippen MR) is 83.0 cm³/mol. The molecule has 2 amide bonds. The van der Waals surface area contributed by atoms with Gasteiger partial charge in [-0.2, -0.15) is 0 Å². The van der Waals surface area contributed by atoms with Gasteiger partial charge in [-0.15, -0.1) is 0 Å². The van der Waals surface area contributed by atoms with Gasteiger partial charge in [-0.1, -0.05) is 12.1 Å². The number of hydrogen-bond donors (Lipinski definition) is 2. The number of carbonyl (C=O) groups is 2. The number of carboxylic acid groups (broad SMARTS) is 1. The number of carbonyl (C=O) groups excluding carboxylic acids is 2. The van der Waals surface area contributed by atoms with E-state index in [4.69, 9.17) is 9.47 Å². The minimum atomic E-state index is -1.31. The summed E-state index contributed by atoms with van der Waals surface area (Å²) in [6, 6.07) is 10.2. The van der Waals surface area contributed by atoms with Crippen molar-refractivity contribution in [3.63, 3.8) is 0 Å². The van der Waals surface area contributed by atoms with Crippen molar-refractivity contribution in [2.24, 2.45) is 0 Å². The van der Waals surface area contributed by atoms with Crippen molar-refractivity contribution in [1.29, 1.82) is 0 Å². The molecule has 2 N–H and O–H groups in total. The van der Waals surface area contributed by atoms with Gasteiger partial charge in [0.15, 0.2) is 11.5 Å². The van der Waals surface area contributed by atoms with E-state index in [1.165, 1.54) is 32.4 Å². The van der Waals surface area contributed by atoms with E-state index in [1.807, 2.05) is 0 Å². The van der Waals surface area contributed by atoms with Crippen LogP contribution in [-0.2, 0) is 0 Å². The highest BCUT2D eigenvalue weighted by Crippen LogP contribution is 2.29. The van der Waals surface area contributed by atoms with Gasteiger partial charge < -0.3 is 30.0 Å². The SMILES string of the molecule is COc1ccc(NC(=O)Nc2cccc(C(=O)[O-])c2)cc1OC. The van der Waals surface area contributed by atoms with Crippen molar-refractivity contribution in [3.8, 4) is 11.5 Å². The highest BCUT2D eigenvalue weighted by Gasteiger charge is 2.08. The number of nitrogens with one attached hydrogen (secondary N) is 2. The van der Waals surface area contributed by atoms with E-state index in [-0.39, 0.29) is 5.56 Å². The summed E-state index contributed by atoms with van der Waals surface area (Å²) in [7, 11) is 3.01. The molecule has 0 aliphatic carbocycles. The van der Waals surface area contributed by atoms with Crippen LogP contribution in [0.4, 0.5) is 16.2 Å². The highest BCUT2D eigenvalue weighted by molar-refractivity contribution is 6.00. The molecule has 120 valence electrons. The van der Waals surface area contributed by atoms with Crippen LogP contribution >= 0.6 is 0 Å². The molecule has 2 aromatic rings. The van der Waals surface area contributed by atoms with Gasteiger partial charge in [-0.05, 0) is 29.8 Å². The third-order valence-electron chi connectivity index (χ3n) is 3.00. The first-order valence-corrected chi connectivity index (χ1v) is 6.65. The number of hydrogen-bond acceptors (Lipinski definition) is 5. The summed E-state index contributed by atoms with van der Waals surface area (Å²) in [6.45, 7) is 0. The average molecular weight is 315 g/mol. The smallest absolute Gasteiger partial charge is 0.323 e. The van der Waals surface area contributed by atoms with Gasteiger partial charge in [-0.25, -0.2) is 4.79 Å². The average Bonchev–Trinajstić information content (AvgIpc) is 2.54. The number of urea groups is 1. The number of aromatic carboxylic acids is 1. The molecule has 0 unspecified atom stereocenters. The third-order valence-corrected chi connectivity index (χ3v) is 3.00. The molecule has 2 rings (SSSR count). The van der Waals surface area contributed by atoms with Crippen LogP contribution in [0.3, 0.4) is 0 Å². The van der Waals surface area contributed by atoms with Crippen LogP contribution in [0.5, 0.6) is 11.5 Å². The highest BCUT2D eigenvalue weighted by atomic mass is 16.5. The maximum atomic E-state index is 12.0. The molecule has 7 nitrogen and oxygen atoms in total. The fraction of sp³-hybridized carbons (Fsp3) is 0.125. The van der Waals surface area contributed by atoms with Crippen molar-refractivity contribution < 1.29 is 24.2 Å². The molecule has 7 heteroatoms. The predicted octanol–water partition coefficient (Wildman–Crippen LogP) is 1.71. The van der Waals surface area contributed by atoms with Crippen LogP contribution in [0.15, 0.2) is 42.5 Å². The molecular weight excluding hydrogens is 300 g/mol. The van der Waals surface area contributed by atoms with Gasteiger partial charge in [0.2, 0.25) is 0 Å². The molecule has 0 saturated carbocycles. The quantitative estimate of drug-likeness (QED) is 0.875. The van der Waals surface area contributed by atoms with Gasteiger partial charge in [-0.3, -0.25) is 0 Å². The van der Waals surface area contributed by atoms with Gasteiger partial charge in [0.1, 0.15) is 0 Å². The molecule has 0 atom stereocenters. The second kappa shape index (κ2) is 7.17. The van der Waals surface area contributed by atoms with E-state index in [0.29, 0.717) is 22.9 Å². The third kappa shape index (κ3) is 4.13. The molecule has 0 spiro atoms. The van der Waals surface area contributed by atoms with Gasteiger partial charge in [0.25, 0.3) is 0 Å². The normalized spacial score (nSPS) is 9.83. The van der Waals surface area contributed by atoms with Gasteiger partial charge >= 0.3 is 6.03 Å². The van der Waals surface area contributed by atoms with E-state index in [2.05, 4.69) is 10.6 Å². The van der Waals surface area contributed by atoms with Crippen LogP contribution in [-0.4, -0.2) is 26.2 Å². The van der Waals surface area contributed by atoms with Crippen LogP contribution in [0.25, 0.3) is 0 Å². The zero-order chi connectivity index (χ0) is 16.8. The van der Waals surface area contributed by atoms with Crippen molar-refractivity contribution in [1.82, 2.24) is 0 Å². The van der Waals surface area contributed by atoms with Crippen LogP contribution in [0.2, 0.25) is 0 Å². The van der Waals surface area contributed by atoms with Gasteiger partial charge in [0, 0.05) is 17.4 Å². The number of ether oxygens (including phenoxy) is 2. The van der Waals surface area contributed by atoms with E-state index < -0.39 is 12.0 Å². The topological polar surface area (TPSA) is 99.7 Å². The molecule has 0 bridgehead atoms. The largest absolute Gasteiger partial charge is 0.545 e. The summed E-state index contributed by atoms with van der Waals surface area (Å²) in [5, 5.41) is 16.0. The fourth-order valence-electron chi connectivity index (χ4n) is 1.93. The second-order valence-corrected chi connectivity index (χ2v) is 4.52. The van der Waals surface area contributed by atoms with Crippen LogP contribution in [0.1, 0.15) is 10.4 Å². The minimum Gasteiger partial charge on any atom is -0.545 e. The van der Waals surface area contributed by atoms with Crippen molar-refractivity contribution in [2.45, 2.75) is 0 Å². The van der Waals surface area contributed by atoms with E-state index in [1.54, 1.807) is 24.3 Å². The lowest BCUT2D eigenvalue weighted by atomic mass is 10.2. The first kappa shape index (κ1) is 16.2. The summed E-state index contributed by atoms with van der Waals surface area (Å²) in [5.41, 5.74) is 0.815. The summed E-state index contributed by atoms with van der Waals surface area (Å²) < 4.78 is 10.3. The van der Waals surface area contributed by atoms with Crippen molar-refractivity contribution >= 4 is 23.4 Å². The number of anilines is 2. The molecule has 2 aromatic carbocycles. The Hall–Kier alpha value is -3.22. The molecule has 23 heavy (non-hydrogen) atoms. The zero-order valence-corrected chi connectivity index (χ0v) is 12.6. The first-order chi connectivity index (χ1) is 11.0. The van der Waals surface area contributed by atoms with Crippen LogP contribution < -0.4 is 25.2 Å². The zero-order valence-electron chi connectivity index (χ0n) is 12.6. The number of benzene rings is 2. The minimum absolute atomic E-state index is 0.0195. The van der Waals surface area contributed by atoms with Crippen molar-refractivity contribution in [2.75, 3.05) is 24.9 Å².